The number of rotatable bonds is 2. The standard InChI is InChI=1S/C12H15FO2/c1-8(14)7-10-11(13)5-4-9-3-2-6-15-12(9)10/h4-5,8,14H,2-3,6-7H2,1H3. The van der Waals surface area contributed by atoms with E-state index in [1.807, 2.05) is 0 Å². The van der Waals surface area contributed by atoms with Gasteiger partial charge in [-0.25, -0.2) is 4.39 Å². The van der Waals surface area contributed by atoms with Crippen molar-refractivity contribution in [2.75, 3.05) is 6.61 Å². The quantitative estimate of drug-likeness (QED) is 0.809. The first-order valence-corrected chi connectivity index (χ1v) is 5.29. The number of aryl methyl sites for hydroxylation is 1. The zero-order valence-electron chi connectivity index (χ0n) is 8.79. The third kappa shape index (κ3) is 2.12. The molecule has 0 saturated carbocycles. The Bertz CT molecular complexity index is 361. The Balaban J connectivity index is 2.41. The number of aliphatic hydroxyl groups is 1. The van der Waals surface area contributed by atoms with E-state index in [1.54, 1.807) is 13.0 Å². The summed E-state index contributed by atoms with van der Waals surface area (Å²) >= 11 is 0. The molecule has 3 heteroatoms. The van der Waals surface area contributed by atoms with E-state index in [2.05, 4.69) is 0 Å². The zero-order valence-corrected chi connectivity index (χ0v) is 8.79. The Kier molecular flexibility index (Phi) is 2.91. The van der Waals surface area contributed by atoms with Gasteiger partial charge in [0.1, 0.15) is 11.6 Å². The Hall–Kier alpha value is -1.09. The summed E-state index contributed by atoms with van der Waals surface area (Å²) in [7, 11) is 0. The molecule has 0 fully saturated rings. The molecular formula is C12H15FO2. The van der Waals surface area contributed by atoms with Gasteiger partial charge in [0.25, 0.3) is 0 Å². The van der Waals surface area contributed by atoms with Crippen molar-refractivity contribution < 1.29 is 14.2 Å². The summed E-state index contributed by atoms with van der Waals surface area (Å²) in [4.78, 5) is 0. The van der Waals surface area contributed by atoms with Crippen LogP contribution in [0.2, 0.25) is 0 Å². The molecule has 0 saturated heterocycles. The molecule has 1 aliphatic heterocycles. The van der Waals surface area contributed by atoms with Gasteiger partial charge in [0.2, 0.25) is 0 Å². The Morgan fingerprint density at radius 3 is 3.07 bits per heavy atom. The lowest BCUT2D eigenvalue weighted by Gasteiger charge is -2.21. The van der Waals surface area contributed by atoms with Gasteiger partial charge in [0.15, 0.2) is 0 Å². The van der Waals surface area contributed by atoms with Crippen LogP contribution in [0.3, 0.4) is 0 Å². The lowest BCUT2D eigenvalue weighted by molar-refractivity contribution is 0.190. The molecule has 0 aliphatic carbocycles. The van der Waals surface area contributed by atoms with E-state index in [4.69, 9.17) is 4.74 Å². The highest BCUT2D eigenvalue weighted by Crippen LogP contribution is 2.31. The van der Waals surface area contributed by atoms with Crippen molar-refractivity contribution in [1.82, 2.24) is 0 Å². The van der Waals surface area contributed by atoms with Crippen molar-refractivity contribution in [1.29, 1.82) is 0 Å². The normalized spacial score (nSPS) is 16.7. The second-order valence-corrected chi connectivity index (χ2v) is 4.02. The van der Waals surface area contributed by atoms with Gasteiger partial charge in [-0.1, -0.05) is 6.07 Å². The number of halogens is 1. The summed E-state index contributed by atoms with van der Waals surface area (Å²) in [6, 6.07) is 3.24. The molecule has 1 aromatic rings. The van der Waals surface area contributed by atoms with Crippen LogP contribution in [0.25, 0.3) is 0 Å². The summed E-state index contributed by atoms with van der Waals surface area (Å²) in [5.74, 6) is 0.374. The van der Waals surface area contributed by atoms with Crippen LogP contribution in [-0.2, 0) is 12.8 Å². The second-order valence-electron chi connectivity index (χ2n) is 4.02. The fourth-order valence-corrected chi connectivity index (χ4v) is 1.95. The summed E-state index contributed by atoms with van der Waals surface area (Å²) in [6.45, 7) is 2.30. The van der Waals surface area contributed by atoms with Gasteiger partial charge in [-0.05, 0) is 31.4 Å². The van der Waals surface area contributed by atoms with E-state index in [9.17, 15) is 9.50 Å². The number of hydrogen-bond acceptors (Lipinski definition) is 2. The first-order chi connectivity index (χ1) is 7.18. The van der Waals surface area contributed by atoms with E-state index >= 15 is 0 Å². The summed E-state index contributed by atoms with van der Waals surface area (Å²) in [6.07, 6.45) is 1.68. The van der Waals surface area contributed by atoms with Gasteiger partial charge in [-0.2, -0.15) is 0 Å². The molecular weight excluding hydrogens is 195 g/mol. The van der Waals surface area contributed by atoms with Crippen LogP contribution in [0.1, 0.15) is 24.5 Å². The smallest absolute Gasteiger partial charge is 0.130 e. The van der Waals surface area contributed by atoms with Gasteiger partial charge in [0.05, 0.1) is 12.7 Å². The summed E-state index contributed by atoms with van der Waals surface area (Å²) in [5.41, 5.74) is 1.57. The predicted molar refractivity (Wildman–Crippen MR) is 55.6 cm³/mol. The molecule has 1 aromatic carbocycles. The fourth-order valence-electron chi connectivity index (χ4n) is 1.95. The third-order valence-electron chi connectivity index (χ3n) is 2.62. The van der Waals surface area contributed by atoms with E-state index in [1.165, 1.54) is 6.07 Å². The maximum absolute atomic E-state index is 13.5. The Labute approximate surface area is 88.7 Å². The molecule has 0 amide bonds. The molecule has 0 spiro atoms. The van der Waals surface area contributed by atoms with Crippen LogP contribution in [0.15, 0.2) is 12.1 Å². The first-order valence-electron chi connectivity index (χ1n) is 5.29. The van der Waals surface area contributed by atoms with E-state index < -0.39 is 6.10 Å². The number of aliphatic hydroxyl groups excluding tert-OH is 1. The van der Waals surface area contributed by atoms with Gasteiger partial charge in [-0.15, -0.1) is 0 Å². The largest absolute Gasteiger partial charge is 0.493 e. The van der Waals surface area contributed by atoms with Crippen molar-refractivity contribution in [2.24, 2.45) is 0 Å². The Morgan fingerprint density at radius 2 is 2.33 bits per heavy atom. The van der Waals surface area contributed by atoms with Crippen molar-refractivity contribution in [3.63, 3.8) is 0 Å². The molecule has 0 bridgehead atoms. The molecule has 82 valence electrons. The number of fused-ring (bicyclic) bond motifs is 1. The third-order valence-corrected chi connectivity index (χ3v) is 2.62. The molecule has 0 aromatic heterocycles. The SMILES string of the molecule is CC(O)Cc1c(F)ccc2c1OCCC2. The molecule has 15 heavy (non-hydrogen) atoms. The van der Waals surface area contributed by atoms with E-state index in [0.717, 1.165) is 18.4 Å². The zero-order chi connectivity index (χ0) is 10.8. The minimum absolute atomic E-state index is 0.281. The average Bonchev–Trinajstić information content (AvgIpc) is 2.22. The van der Waals surface area contributed by atoms with E-state index in [-0.39, 0.29) is 5.82 Å². The summed E-state index contributed by atoms with van der Waals surface area (Å²) < 4.78 is 19.0. The van der Waals surface area contributed by atoms with Crippen LogP contribution in [0.5, 0.6) is 5.75 Å². The maximum Gasteiger partial charge on any atom is 0.130 e. The highest BCUT2D eigenvalue weighted by molar-refractivity contribution is 5.44. The maximum atomic E-state index is 13.5. The molecule has 1 N–H and O–H groups in total. The predicted octanol–water partition coefficient (Wildman–Crippen LogP) is 2.07. The molecule has 1 unspecified atom stereocenters. The van der Waals surface area contributed by atoms with E-state index in [0.29, 0.717) is 24.3 Å². The Morgan fingerprint density at radius 1 is 1.53 bits per heavy atom. The summed E-state index contributed by atoms with van der Waals surface area (Å²) in [5, 5.41) is 9.31. The molecule has 1 aliphatic rings. The molecule has 1 heterocycles. The fraction of sp³-hybridized carbons (Fsp3) is 0.500. The number of hydrogen-bond donors (Lipinski definition) is 1. The minimum Gasteiger partial charge on any atom is -0.493 e. The van der Waals surface area contributed by atoms with Crippen molar-refractivity contribution in [3.8, 4) is 5.75 Å². The molecule has 2 nitrogen and oxygen atoms in total. The number of benzene rings is 1. The minimum atomic E-state index is -0.545. The van der Waals surface area contributed by atoms with Crippen molar-refractivity contribution in [3.05, 3.63) is 29.1 Å². The highest BCUT2D eigenvalue weighted by atomic mass is 19.1. The van der Waals surface area contributed by atoms with Crippen LogP contribution in [0.4, 0.5) is 4.39 Å². The molecule has 1 atom stereocenters. The van der Waals surface area contributed by atoms with Crippen molar-refractivity contribution >= 4 is 0 Å². The van der Waals surface area contributed by atoms with Crippen molar-refractivity contribution in [2.45, 2.75) is 32.3 Å². The van der Waals surface area contributed by atoms with Crippen LogP contribution < -0.4 is 4.74 Å². The molecule has 0 radical (unpaired) electrons. The lowest BCUT2D eigenvalue weighted by atomic mass is 9.98. The monoisotopic (exact) mass is 210 g/mol. The second kappa shape index (κ2) is 4.19. The van der Waals surface area contributed by atoms with Gasteiger partial charge in [0, 0.05) is 12.0 Å². The first kappa shape index (κ1) is 10.4. The van der Waals surface area contributed by atoms with Gasteiger partial charge in [-0.3, -0.25) is 0 Å². The van der Waals surface area contributed by atoms with Crippen LogP contribution in [-0.4, -0.2) is 17.8 Å². The highest BCUT2D eigenvalue weighted by Gasteiger charge is 2.19. The number of ether oxygens (including phenoxy) is 1. The van der Waals surface area contributed by atoms with Crippen LogP contribution in [0, 0.1) is 5.82 Å². The van der Waals surface area contributed by atoms with Gasteiger partial charge >= 0.3 is 0 Å². The van der Waals surface area contributed by atoms with Gasteiger partial charge < -0.3 is 9.84 Å². The van der Waals surface area contributed by atoms with Crippen LogP contribution >= 0.6 is 0 Å². The average molecular weight is 210 g/mol. The molecule has 2 rings (SSSR count). The topological polar surface area (TPSA) is 29.5 Å². The lowest BCUT2D eigenvalue weighted by Crippen LogP contribution is -2.14.